The number of carbonyl (C=O) groups is 1. The molecule has 0 atom stereocenters. The fourth-order valence-corrected chi connectivity index (χ4v) is 2.20. The summed E-state index contributed by atoms with van der Waals surface area (Å²) in [6.07, 6.45) is 0.222. The number of hydrogen-bond acceptors (Lipinski definition) is 2. The number of carboxylic acid groups (broad SMARTS) is 1. The van der Waals surface area contributed by atoms with Gasteiger partial charge in [0.2, 0.25) is 0 Å². The minimum atomic E-state index is -0.745. The van der Waals surface area contributed by atoms with Gasteiger partial charge >= 0.3 is 5.97 Å². The summed E-state index contributed by atoms with van der Waals surface area (Å²) in [4.78, 5) is 9.37. The number of aromatic amines is 1. The van der Waals surface area contributed by atoms with Gasteiger partial charge in [-0.1, -0.05) is 67.6 Å². The van der Waals surface area contributed by atoms with Crippen molar-refractivity contribution in [2.75, 3.05) is 0 Å². The number of carboxylic acids is 1. The van der Waals surface area contributed by atoms with Crippen molar-refractivity contribution in [1.82, 2.24) is 10.2 Å². The second kappa shape index (κ2) is 7.94. The predicted octanol–water partition coefficient (Wildman–Crippen LogP) is 4.53. The Morgan fingerprint density at radius 1 is 1.00 bits per heavy atom. The highest BCUT2D eigenvalue weighted by molar-refractivity contribution is 5.82. The van der Waals surface area contributed by atoms with Crippen LogP contribution in [0.1, 0.15) is 19.0 Å². The maximum absolute atomic E-state index is 9.37. The molecule has 0 saturated heterocycles. The smallest absolute Gasteiger partial charge is 0.303 e. The molecule has 118 valence electrons. The molecule has 1 aromatic heterocycles. The number of aliphatic carboxylic acids is 1. The lowest BCUT2D eigenvalue weighted by Gasteiger charge is -2.04. The standard InChI is InChI=1S/C16H14N2.C3H6O2/c1-12-15(13-8-4-2-5-9-13)16(18-17-12)14-10-6-3-7-11-14;1-2-3(4)5/h2-11H,1H3,(H,17,18);2H2,1H3,(H,4,5). The van der Waals surface area contributed by atoms with Gasteiger partial charge in [-0.25, -0.2) is 0 Å². The van der Waals surface area contributed by atoms with Crippen LogP contribution in [-0.4, -0.2) is 21.3 Å². The molecule has 0 saturated carbocycles. The van der Waals surface area contributed by atoms with Gasteiger partial charge in [0.05, 0.1) is 11.4 Å². The first-order chi connectivity index (χ1) is 11.1. The normalized spacial score (nSPS) is 9.83. The molecule has 3 aromatic rings. The van der Waals surface area contributed by atoms with Crippen molar-refractivity contribution in [3.8, 4) is 22.4 Å². The van der Waals surface area contributed by atoms with Gasteiger partial charge < -0.3 is 5.11 Å². The summed E-state index contributed by atoms with van der Waals surface area (Å²) in [6.45, 7) is 3.63. The number of nitrogens with zero attached hydrogens (tertiary/aromatic N) is 1. The molecule has 2 aromatic carbocycles. The summed E-state index contributed by atoms with van der Waals surface area (Å²) < 4.78 is 0. The largest absolute Gasteiger partial charge is 0.481 e. The van der Waals surface area contributed by atoms with Crippen LogP contribution in [0.4, 0.5) is 0 Å². The molecular weight excluding hydrogens is 288 g/mol. The number of aryl methyl sites for hydroxylation is 1. The molecule has 0 radical (unpaired) electrons. The third-order valence-electron chi connectivity index (χ3n) is 3.37. The molecule has 0 spiro atoms. The first-order valence-corrected chi connectivity index (χ1v) is 7.51. The minimum Gasteiger partial charge on any atom is -0.481 e. The van der Waals surface area contributed by atoms with Crippen molar-refractivity contribution >= 4 is 5.97 Å². The summed E-state index contributed by atoms with van der Waals surface area (Å²) in [7, 11) is 0. The van der Waals surface area contributed by atoms with E-state index in [1.165, 1.54) is 11.1 Å². The zero-order valence-corrected chi connectivity index (χ0v) is 13.3. The summed E-state index contributed by atoms with van der Waals surface area (Å²) in [6, 6.07) is 20.7. The molecule has 4 heteroatoms. The first-order valence-electron chi connectivity index (χ1n) is 7.51. The van der Waals surface area contributed by atoms with Crippen molar-refractivity contribution in [2.24, 2.45) is 0 Å². The lowest BCUT2D eigenvalue weighted by Crippen LogP contribution is -1.86. The molecule has 0 amide bonds. The van der Waals surface area contributed by atoms with E-state index in [1.807, 2.05) is 31.2 Å². The van der Waals surface area contributed by atoms with Gasteiger partial charge in [0, 0.05) is 17.5 Å². The maximum atomic E-state index is 9.37. The van der Waals surface area contributed by atoms with E-state index in [1.54, 1.807) is 6.92 Å². The van der Waals surface area contributed by atoms with Gasteiger partial charge in [-0.05, 0) is 12.5 Å². The minimum absolute atomic E-state index is 0.222. The highest BCUT2D eigenvalue weighted by Crippen LogP contribution is 2.32. The number of benzene rings is 2. The average Bonchev–Trinajstić information content (AvgIpc) is 2.98. The van der Waals surface area contributed by atoms with Gasteiger partial charge in [-0.3, -0.25) is 9.89 Å². The van der Waals surface area contributed by atoms with Crippen molar-refractivity contribution < 1.29 is 9.90 Å². The van der Waals surface area contributed by atoms with Crippen LogP contribution < -0.4 is 0 Å². The SMILES string of the molecule is CCC(=O)O.Cc1n[nH]c(-c2ccccc2)c1-c1ccccc1. The topological polar surface area (TPSA) is 66.0 Å². The Bertz CT molecular complexity index is 750. The van der Waals surface area contributed by atoms with Crippen LogP contribution in [-0.2, 0) is 4.79 Å². The Hall–Kier alpha value is -2.88. The zero-order chi connectivity index (χ0) is 16.7. The Balaban J connectivity index is 0.000000338. The van der Waals surface area contributed by atoms with E-state index in [-0.39, 0.29) is 6.42 Å². The molecule has 0 aliphatic rings. The molecule has 0 bridgehead atoms. The van der Waals surface area contributed by atoms with Crippen molar-refractivity contribution in [1.29, 1.82) is 0 Å². The molecular formula is C19H20N2O2. The van der Waals surface area contributed by atoms with Crippen LogP contribution in [0.25, 0.3) is 22.4 Å². The van der Waals surface area contributed by atoms with Gasteiger partial charge in [0.25, 0.3) is 0 Å². The number of aromatic nitrogens is 2. The third kappa shape index (κ3) is 4.30. The van der Waals surface area contributed by atoms with E-state index in [0.29, 0.717) is 0 Å². The summed E-state index contributed by atoms with van der Waals surface area (Å²) >= 11 is 0. The van der Waals surface area contributed by atoms with Crippen LogP contribution in [0.15, 0.2) is 60.7 Å². The molecule has 0 aliphatic heterocycles. The molecule has 4 nitrogen and oxygen atoms in total. The Kier molecular flexibility index (Phi) is 5.69. The van der Waals surface area contributed by atoms with Crippen LogP contribution in [0, 0.1) is 6.92 Å². The van der Waals surface area contributed by atoms with E-state index in [9.17, 15) is 4.79 Å². The molecule has 0 fully saturated rings. The molecule has 3 rings (SSSR count). The summed E-state index contributed by atoms with van der Waals surface area (Å²) in [5.74, 6) is -0.745. The Labute approximate surface area is 135 Å². The van der Waals surface area contributed by atoms with Crippen LogP contribution in [0.2, 0.25) is 0 Å². The molecule has 2 N–H and O–H groups in total. The van der Waals surface area contributed by atoms with E-state index in [2.05, 4.69) is 46.6 Å². The first kappa shape index (κ1) is 16.5. The molecule has 0 unspecified atom stereocenters. The Morgan fingerprint density at radius 2 is 1.48 bits per heavy atom. The monoisotopic (exact) mass is 308 g/mol. The number of nitrogens with one attached hydrogen (secondary N) is 1. The van der Waals surface area contributed by atoms with Crippen LogP contribution in [0.5, 0.6) is 0 Å². The van der Waals surface area contributed by atoms with Crippen LogP contribution >= 0.6 is 0 Å². The summed E-state index contributed by atoms with van der Waals surface area (Å²) in [5, 5.41) is 15.2. The molecule has 1 heterocycles. The highest BCUT2D eigenvalue weighted by Gasteiger charge is 2.12. The lowest BCUT2D eigenvalue weighted by molar-refractivity contribution is -0.136. The third-order valence-corrected chi connectivity index (χ3v) is 3.37. The van der Waals surface area contributed by atoms with Gasteiger partial charge in [0.1, 0.15) is 0 Å². The summed E-state index contributed by atoms with van der Waals surface area (Å²) in [5.41, 5.74) is 5.65. The number of H-pyrrole nitrogens is 1. The quantitative estimate of drug-likeness (QED) is 0.747. The van der Waals surface area contributed by atoms with E-state index >= 15 is 0 Å². The van der Waals surface area contributed by atoms with Gasteiger partial charge in [0.15, 0.2) is 0 Å². The maximum Gasteiger partial charge on any atom is 0.303 e. The number of hydrogen-bond donors (Lipinski definition) is 2. The Morgan fingerprint density at radius 3 is 1.96 bits per heavy atom. The van der Waals surface area contributed by atoms with Crippen molar-refractivity contribution in [2.45, 2.75) is 20.3 Å². The highest BCUT2D eigenvalue weighted by atomic mass is 16.4. The van der Waals surface area contributed by atoms with E-state index < -0.39 is 5.97 Å². The lowest BCUT2D eigenvalue weighted by atomic mass is 9.99. The second-order valence-electron chi connectivity index (χ2n) is 5.04. The van der Waals surface area contributed by atoms with E-state index in [0.717, 1.165) is 17.0 Å². The second-order valence-corrected chi connectivity index (χ2v) is 5.04. The van der Waals surface area contributed by atoms with Crippen LogP contribution in [0.3, 0.4) is 0 Å². The van der Waals surface area contributed by atoms with Crippen molar-refractivity contribution in [3.05, 3.63) is 66.4 Å². The van der Waals surface area contributed by atoms with E-state index in [4.69, 9.17) is 5.11 Å². The molecule has 0 aliphatic carbocycles. The zero-order valence-electron chi connectivity index (χ0n) is 13.3. The predicted molar refractivity (Wildman–Crippen MR) is 92.1 cm³/mol. The fourth-order valence-electron chi connectivity index (χ4n) is 2.20. The number of rotatable bonds is 3. The van der Waals surface area contributed by atoms with Crippen molar-refractivity contribution in [3.63, 3.8) is 0 Å². The fraction of sp³-hybridized carbons (Fsp3) is 0.158. The molecule has 23 heavy (non-hydrogen) atoms. The average molecular weight is 308 g/mol. The van der Waals surface area contributed by atoms with Gasteiger partial charge in [-0.15, -0.1) is 0 Å². The van der Waals surface area contributed by atoms with Gasteiger partial charge in [-0.2, -0.15) is 5.10 Å².